The fourth-order valence-corrected chi connectivity index (χ4v) is 4.34. The number of fused-ring (bicyclic) bond motifs is 4. The largest absolute Gasteiger partial charge is 0.508 e. The van der Waals surface area contributed by atoms with E-state index in [0.717, 1.165) is 27.3 Å². The molecular formula is C14H15BrN2O2S. The van der Waals surface area contributed by atoms with Crippen molar-refractivity contribution in [2.45, 2.75) is 44.0 Å². The molecule has 3 aliphatic rings. The highest BCUT2D eigenvalue weighted by Gasteiger charge is 2.52. The summed E-state index contributed by atoms with van der Waals surface area (Å²) >= 11 is 9.01. The minimum Gasteiger partial charge on any atom is -0.508 e. The van der Waals surface area contributed by atoms with E-state index >= 15 is 0 Å². The molecule has 2 aliphatic heterocycles. The number of halogens is 1. The highest BCUT2D eigenvalue weighted by molar-refractivity contribution is 9.10. The molecule has 0 amide bonds. The van der Waals surface area contributed by atoms with E-state index in [2.05, 4.69) is 33.1 Å². The van der Waals surface area contributed by atoms with Gasteiger partial charge in [0.25, 0.3) is 0 Å². The molecule has 0 aromatic heterocycles. The van der Waals surface area contributed by atoms with Gasteiger partial charge in [0.2, 0.25) is 0 Å². The third-order valence-corrected chi connectivity index (χ3v) is 5.18. The van der Waals surface area contributed by atoms with Crippen LogP contribution < -0.4 is 10.1 Å². The van der Waals surface area contributed by atoms with Crippen molar-refractivity contribution in [3.05, 3.63) is 22.2 Å². The van der Waals surface area contributed by atoms with E-state index in [1.165, 1.54) is 12.8 Å². The summed E-state index contributed by atoms with van der Waals surface area (Å²) in [7, 11) is 0. The molecule has 4 nitrogen and oxygen atoms in total. The number of phenols is 1. The van der Waals surface area contributed by atoms with Crippen LogP contribution in [0.15, 0.2) is 16.6 Å². The first kappa shape index (κ1) is 12.7. The summed E-state index contributed by atoms with van der Waals surface area (Å²) in [5.74, 6) is 1.04. The van der Waals surface area contributed by atoms with Crippen LogP contribution in [0.3, 0.4) is 0 Å². The van der Waals surface area contributed by atoms with Gasteiger partial charge in [0.15, 0.2) is 10.8 Å². The molecule has 106 valence electrons. The quantitative estimate of drug-likeness (QED) is 0.759. The summed E-state index contributed by atoms with van der Waals surface area (Å²) in [6.45, 7) is 2.10. The maximum Gasteiger partial charge on any atom is 0.184 e. The molecule has 1 aromatic carbocycles. The number of hydrogen-bond acceptors (Lipinski definition) is 3. The first-order chi connectivity index (χ1) is 9.48. The monoisotopic (exact) mass is 354 g/mol. The summed E-state index contributed by atoms with van der Waals surface area (Å²) in [4.78, 5) is 2.21. The zero-order chi connectivity index (χ0) is 14.1. The lowest BCUT2D eigenvalue weighted by Gasteiger charge is -2.52. The number of phenolic OH excluding ortho intramolecular Hbond substituents is 1. The fourth-order valence-electron chi connectivity index (χ4n) is 3.31. The van der Waals surface area contributed by atoms with Crippen LogP contribution in [0.4, 0.5) is 0 Å². The average Bonchev–Trinajstić information content (AvgIpc) is 3.14. The predicted octanol–water partition coefficient (Wildman–Crippen LogP) is 3.05. The molecule has 1 saturated carbocycles. The van der Waals surface area contributed by atoms with Crippen molar-refractivity contribution in [3.8, 4) is 11.5 Å². The first-order valence-corrected chi connectivity index (χ1v) is 7.99. The number of nitrogens with one attached hydrogen (secondary N) is 1. The second-order valence-corrected chi connectivity index (χ2v) is 7.17. The van der Waals surface area contributed by atoms with Crippen LogP contribution in [-0.4, -0.2) is 26.9 Å². The van der Waals surface area contributed by atoms with Gasteiger partial charge in [0, 0.05) is 18.0 Å². The number of hydrogen-bond donors (Lipinski definition) is 2. The van der Waals surface area contributed by atoms with E-state index in [4.69, 9.17) is 17.0 Å². The molecule has 1 aromatic rings. The smallest absolute Gasteiger partial charge is 0.184 e. The van der Waals surface area contributed by atoms with Gasteiger partial charge in [-0.15, -0.1) is 0 Å². The first-order valence-electron chi connectivity index (χ1n) is 6.79. The van der Waals surface area contributed by atoms with E-state index in [9.17, 15) is 5.11 Å². The molecule has 1 saturated heterocycles. The van der Waals surface area contributed by atoms with Gasteiger partial charge in [-0.2, -0.15) is 0 Å². The minimum absolute atomic E-state index is 0.0923. The Morgan fingerprint density at radius 2 is 2.25 bits per heavy atom. The Hall–Kier alpha value is -1.01. The number of aromatic hydroxyl groups is 1. The van der Waals surface area contributed by atoms with Crippen molar-refractivity contribution in [1.29, 1.82) is 0 Å². The van der Waals surface area contributed by atoms with E-state index in [-0.39, 0.29) is 11.8 Å². The number of nitrogens with zero attached hydrogens (tertiary/aromatic N) is 1. The maximum absolute atomic E-state index is 9.79. The standard InChI is InChI=1S/C14H15BrN2O2S/c1-14-6-11(16-13(20)17(14)7-2-3-7)9-4-8(18)5-10(15)12(9)19-14/h4-5,7,11,18H,2-3,6H2,1H3,(H,16,20). The van der Waals surface area contributed by atoms with Crippen LogP contribution in [0.25, 0.3) is 0 Å². The van der Waals surface area contributed by atoms with Crippen molar-refractivity contribution in [2.24, 2.45) is 0 Å². The molecule has 2 heterocycles. The Bertz CT molecular complexity index is 619. The molecule has 2 bridgehead atoms. The van der Waals surface area contributed by atoms with Gasteiger partial charge in [0.05, 0.1) is 10.5 Å². The third kappa shape index (κ3) is 1.74. The topological polar surface area (TPSA) is 44.7 Å². The highest BCUT2D eigenvalue weighted by atomic mass is 79.9. The summed E-state index contributed by atoms with van der Waals surface area (Å²) in [6.07, 6.45) is 3.18. The predicted molar refractivity (Wildman–Crippen MR) is 82.8 cm³/mol. The maximum atomic E-state index is 9.79. The van der Waals surface area contributed by atoms with Crippen molar-refractivity contribution >= 4 is 33.3 Å². The van der Waals surface area contributed by atoms with Gasteiger partial charge in [-0.05, 0) is 60.0 Å². The van der Waals surface area contributed by atoms with Gasteiger partial charge >= 0.3 is 0 Å². The lowest BCUT2D eigenvalue weighted by molar-refractivity contribution is -0.0727. The zero-order valence-electron chi connectivity index (χ0n) is 11.0. The molecule has 0 radical (unpaired) electrons. The Kier molecular flexibility index (Phi) is 2.55. The van der Waals surface area contributed by atoms with Gasteiger partial charge < -0.3 is 20.1 Å². The van der Waals surface area contributed by atoms with Crippen LogP contribution in [-0.2, 0) is 0 Å². The zero-order valence-corrected chi connectivity index (χ0v) is 13.4. The fraction of sp³-hybridized carbons (Fsp3) is 0.500. The molecule has 20 heavy (non-hydrogen) atoms. The van der Waals surface area contributed by atoms with E-state index < -0.39 is 5.72 Å². The van der Waals surface area contributed by atoms with E-state index in [1.54, 1.807) is 12.1 Å². The second kappa shape index (κ2) is 4.01. The lowest BCUT2D eigenvalue weighted by atomic mass is 9.90. The van der Waals surface area contributed by atoms with Crippen molar-refractivity contribution in [2.75, 3.05) is 0 Å². The molecule has 6 heteroatoms. The van der Waals surface area contributed by atoms with E-state index in [1.807, 2.05) is 0 Å². The van der Waals surface area contributed by atoms with Crippen molar-refractivity contribution in [3.63, 3.8) is 0 Å². The molecular weight excluding hydrogens is 340 g/mol. The van der Waals surface area contributed by atoms with E-state index in [0.29, 0.717) is 6.04 Å². The highest BCUT2D eigenvalue weighted by Crippen LogP contribution is 2.50. The summed E-state index contributed by atoms with van der Waals surface area (Å²) in [6, 6.07) is 4.02. The molecule has 2 unspecified atom stereocenters. The minimum atomic E-state index is -0.402. The molecule has 0 spiro atoms. The van der Waals surface area contributed by atoms with Gasteiger partial charge in [-0.1, -0.05) is 0 Å². The van der Waals surface area contributed by atoms with Gasteiger partial charge in [0.1, 0.15) is 11.5 Å². The summed E-state index contributed by atoms with van der Waals surface area (Å²) < 4.78 is 7.09. The van der Waals surface area contributed by atoms with Gasteiger partial charge in [-0.25, -0.2) is 0 Å². The van der Waals surface area contributed by atoms with Crippen LogP contribution >= 0.6 is 28.1 Å². The summed E-state index contributed by atoms with van der Waals surface area (Å²) in [5.41, 5.74) is 0.563. The number of rotatable bonds is 1. The molecule has 2 atom stereocenters. The Labute approximate surface area is 131 Å². The van der Waals surface area contributed by atoms with Crippen LogP contribution in [0, 0.1) is 0 Å². The number of benzene rings is 1. The number of ether oxygens (including phenoxy) is 1. The van der Waals surface area contributed by atoms with Crippen LogP contribution in [0.1, 0.15) is 37.8 Å². The van der Waals surface area contributed by atoms with Crippen molar-refractivity contribution in [1.82, 2.24) is 10.2 Å². The molecule has 1 aliphatic carbocycles. The SMILES string of the molecule is CC12CC(NC(=S)N1C1CC1)c1cc(O)cc(Br)c1O2. The van der Waals surface area contributed by atoms with Crippen LogP contribution in [0.2, 0.25) is 0 Å². The number of thiocarbonyl (C=S) groups is 1. The molecule has 2 N–H and O–H groups in total. The second-order valence-electron chi connectivity index (χ2n) is 5.93. The third-order valence-electron chi connectivity index (χ3n) is 4.28. The van der Waals surface area contributed by atoms with Gasteiger partial charge in [-0.3, -0.25) is 0 Å². The lowest BCUT2D eigenvalue weighted by Crippen LogP contribution is -2.65. The normalized spacial score (nSPS) is 31.4. The average molecular weight is 355 g/mol. The Morgan fingerprint density at radius 3 is 2.95 bits per heavy atom. The molecule has 4 rings (SSSR count). The summed E-state index contributed by atoms with van der Waals surface area (Å²) in [5, 5.41) is 14.0. The molecule has 2 fully saturated rings. The van der Waals surface area contributed by atoms with Crippen molar-refractivity contribution < 1.29 is 9.84 Å². The van der Waals surface area contributed by atoms with Crippen LogP contribution in [0.5, 0.6) is 11.5 Å². The Balaban J connectivity index is 1.83. The Morgan fingerprint density at radius 1 is 1.50 bits per heavy atom.